The molecule has 9 heteroatoms. The summed E-state index contributed by atoms with van der Waals surface area (Å²) in [5.41, 5.74) is 0.492. The molecule has 8 nitrogen and oxygen atoms in total. The Morgan fingerprint density at radius 1 is 1.11 bits per heavy atom. The lowest BCUT2D eigenvalue weighted by molar-refractivity contribution is -0.148. The van der Waals surface area contributed by atoms with Crippen molar-refractivity contribution in [1.29, 1.82) is 0 Å². The number of rotatable bonds is 9. The molecule has 0 spiro atoms. The zero-order valence-electron chi connectivity index (χ0n) is 16.3. The highest BCUT2D eigenvalue weighted by molar-refractivity contribution is 5.90. The van der Waals surface area contributed by atoms with Gasteiger partial charge in [0.2, 0.25) is 11.8 Å². The number of benzene rings is 1. The van der Waals surface area contributed by atoms with Gasteiger partial charge in [-0.3, -0.25) is 14.4 Å². The van der Waals surface area contributed by atoms with Crippen molar-refractivity contribution in [3.8, 4) is 0 Å². The van der Waals surface area contributed by atoms with Crippen molar-refractivity contribution < 1.29 is 33.0 Å². The Morgan fingerprint density at radius 3 is 2.32 bits per heavy atom. The van der Waals surface area contributed by atoms with Gasteiger partial charge in [-0.25, -0.2) is 9.18 Å². The Kier molecular flexibility index (Phi) is 9.07. The predicted molar refractivity (Wildman–Crippen MR) is 97.5 cm³/mol. The van der Waals surface area contributed by atoms with E-state index in [1.807, 2.05) is 0 Å². The fraction of sp³-hybridized carbons (Fsp3) is 0.474. The van der Waals surface area contributed by atoms with Crippen LogP contribution in [-0.2, 0) is 35.1 Å². The van der Waals surface area contributed by atoms with Crippen LogP contribution in [-0.4, -0.2) is 50.1 Å². The largest absolute Gasteiger partial charge is 0.469 e. The molecule has 1 aromatic rings. The number of hydrogen-bond acceptors (Lipinski definition) is 6. The number of amides is 2. The van der Waals surface area contributed by atoms with Crippen molar-refractivity contribution in [2.24, 2.45) is 5.92 Å². The van der Waals surface area contributed by atoms with Gasteiger partial charge in [0, 0.05) is 13.3 Å². The minimum atomic E-state index is -1.12. The van der Waals surface area contributed by atoms with Gasteiger partial charge in [0.15, 0.2) is 0 Å². The molecule has 0 fully saturated rings. The molecule has 3 atom stereocenters. The van der Waals surface area contributed by atoms with Crippen molar-refractivity contribution in [3.63, 3.8) is 0 Å². The lowest BCUT2D eigenvalue weighted by Gasteiger charge is -2.25. The van der Waals surface area contributed by atoms with Crippen molar-refractivity contribution in [1.82, 2.24) is 10.6 Å². The Balaban J connectivity index is 2.98. The molecule has 0 aliphatic rings. The Hall–Kier alpha value is -2.97. The highest BCUT2D eigenvalue weighted by atomic mass is 19.1. The molecule has 0 aliphatic heterocycles. The number of carbonyl (C=O) groups is 4. The summed E-state index contributed by atoms with van der Waals surface area (Å²) < 4.78 is 22.7. The minimum Gasteiger partial charge on any atom is -0.469 e. The number of methoxy groups -OCH3 is 2. The average Bonchev–Trinajstić information content (AvgIpc) is 2.64. The molecule has 2 N–H and O–H groups in total. The normalized spacial score (nSPS) is 13.6. The fourth-order valence-electron chi connectivity index (χ4n) is 2.63. The second kappa shape index (κ2) is 11.0. The molecule has 0 aliphatic carbocycles. The maximum absolute atomic E-state index is 13.4. The Morgan fingerprint density at radius 2 is 1.79 bits per heavy atom. The summed E-state index contributed by atoms with van der Waals surface area (Å²) in [6.07, 6.45) is -0.103. The van der Waals surface area contributed by atoms with Gasteiger partial charge in [-0.1, -0.05) is 19.1 Å². The molecular formula is C19H25FN2O6. The zero-order chi connectivity index (χ0) is 21.3. The molecule has 0 bridgehead atoms. The topological polar surface area (TPSA) is 111 Å². The molecule has 1 aromatic carbocycles. The van der Waals surface area contributed by atoms with Crippen molar-refractivity contribution in [2.75, 3.05) is 14.2 Å². The van der Waals surface area contributed by atoms with E-state index in [2.05, 4.69) is 15.4 Å². The summed E-state index contributed by atoms with van der Waals surface area (Å²) in [6.45, 7) is 2.82. The molecule has 1 rings (SSSR count). The SMILES string of the molecule is COC(=O)C[C@H](C)[C@H](NC(=O)[C@H](Cc1cccc(F)c1)NC(C)=O)C(=O)OC. The third kappa shape index (κ3) is 7.34. The third-order valence-electron chi connectivity index (χ3n) is 4.06. The quantitative estimate of drug-likeness (QED) is 0.596. The van der Waals surface area contributed by atoms with E-state index in [4.69, 9.17) is 4.74 Å². The summed E-state index contributed by atoms with van der Waals surface area (Å²) in [6, 6.07) is 3.45. The molecule has 0 heterocycles. The number of carbonyl (C=O) groups excluding carboxylic acids is 4. The van der Waals surface area contributed by atoms with Gasteiger partial charge < -0.3 is 20.1 Å². The number of nitrogens with one attached hydrogen (secondary N) is 2. The van der Waals surface area contributed by atoms with Crippen LogP contribution in [0, 0.1) is 11.7 Å². The third-order valence-corrected chi connectivity index (χ3v) is 4.06. The van der Waals surface area contributed by atoms with Crippen molar-refractivity contribution in [2.45, 2.75) is 38.8 Å². The zero-order valence-corrected chi connectivity index (χ0v) is 16.3. The molecule has 28 heavy (non-hydrogen) atoms. The van der Waals surface area contributed by atoms with E-state index in [-0.39, 0.29) is 12.8 Å². The number of hydrogen-bond donors (Lipinski definition) is 2. The van der Waals surface area contributed by atoms with E-state index < -0.39 is 47.6 Å². The summed E-state index contributed by atoms with van der Waals surface area (Å²) >= 11 is 0. The van der Waals surface area contributed by atoms with Crippen LogP contribution in [0.25, 0.3) is 0 Å². The first-order valence-corrected chi connectivity index (χ1v) is 8.64. The van der Waals surface area contributed by atoms with Crippen molar-refractivity contribution >= 4 is 23.8 Å². The fourth-order valence-corrected chi connectivity index (χ4v) is 2.63. The van der Waals surface area contributed by atoms with Gasteiger partial charge >= 0.3 is 11.9 Å². The summed E-state index contributed by atoms with van der Waals surface area (Å²) in [5, 5.41) is 4.99. The van der Waals surface area contributed by atoms with Gasteiger partial charge in [-0.05, 0) is 23.6 Å². The summed E-state index contributed by atoms with van der Waals surface area (Å²) in [7, 11) is 2.37. The molecule has 0 saturated heterocycles. The minimum absolute atomic E-state index is 0.0163. The second-order valence-corrected chi connectivity index (χ2v) is 6.35. The number of ether oxygens (including phenoxy) is 2. The van der Waals surface area contributed by atoms with Crippen LogP contribution in [0.4, 0.5) is 4.39 Å². The van der Waals surface area contributed by atoms with Crippen LogP contribution < -0.4 is 10.6 Å². The van der Waals surface area contributed by atoms with Crippen LogP contribution >= 0.6 is 0 Å². The Bertz CT molecular complexity index is 724. The molecule has 2 amide bonds. The van der Waals surface area contributed by atoms with Gasteiger partial charge in [-0.2, -0.15) is 0 Å². The number of esters is 2. The van der Waals surface area contributed by atoms with Crippen LogP contribution in [0.2, 0.25) is 0 Å². The first-order valence-electron chi connectivity index (χ1n) is 8.64. The maximum atomic E-state index is 13.4. The van der Waals surface area contributed by atoms with E-state index in [0.29, 0.717) is 5.56 Å². The van der Waals surface area contributed by atoms with Gasteiger partial charge in [0.25, 0.3) is 0 Å². The van der Waals surface area contributed by atoms with Crippen LogP contribution in [0.3, 0.4) is 0 Å². The molecule has 0 radical (unpaired) electrons. The maximum Gasteiger partial charge on any atom is 0.328 e. The standard InChI is InChI=1S/C19H25FN2O6/c1-11(8-16(24)27-3)17(19(26)28-4)22-18(25)15(21-12(2)23)10-13-6-5-7-14(20)9-13/h5-7,9,11,15,17H,8,10H2,1-4H3,(H,21,23)(H,22,25)/t11-,15-,17-/m0/s1. The predicted octanol–water partition coefficient (Wildman–Crippen LogP) is 0.730. The van der Waals surface area contributed by atoms with E-state index in [1.165, 1.54) is 32.2 Å². The lowest BCUT2D eigenvalue weighted by Crippen LogP contribution is -2.54. The average molecular weight is 396 g/mol. The molecular weight excluding hydrogens is 371 g/mol. The van der Waals surface area contributed by atoms with Gasteiger partial charge in [0.1, 0.15) is 17.9 Å². The highest BCUT2D eigenvalue weighted by Gasteiger charge is 2.32. The van der Waals surface area contributed by atoms with Gasteiger partial charge in [-0.15, -0.1) is 0 Å². The molecule has 0 unspecified atom stereocenters. The lowest BCUT2D eigenvalue weighted by atomic mass is 9.97. The van der Waals surface area contributed by atoms with E-state index in [1.54, 1.807) is 13.0 Å². The number of halogens is 1. The smallest absolute Gasteiger partial charge is 0.328 e. The van der Waals surface area contributed by atoms with Gasteiger partial charge in [0.05, 0.1) is 20.6 Å². The van der Waals surface area contributed by atoms with Crippen LogP contribution in [0.5, 0.6) is 0 Å². The van der Waals surface area contributed by atoms with Crippen LogP contribution in [0.1, 0.15) is 25.8 Å². The first-order chi connectivity index (χ1) is 13.2. The van der Waals surface area contributed by atoms with E-state index >= 15 is 0 Å². The Labute approximate surface area is 162 Å². The second-order valence-electron chi connectivity index (χ2n) is 6.35. The first kappa shape index (κ1) is 23.1. The van der Waals surface area contributed by atoms with E-state index in [0.717, 1.165) is 7.11 Å². The molecule has 0 saturated carbocycles. The highest BCUT2D eigenvalue weighted by Crippen LogP contribution is 2.13. The summed E-state index contributed by atoms with van der Waals surface area (Å²) in [4.78, 5) is 47.8. The summed E-state index contributed by atoms with van der Waals surface area (Å²) in [5.74, 6) is -3.50. The van der Waals surface area contributed by atoms with E-state index in [9.17, 15) is 23.6 Å². The van der Waals surface area contributed by atoms with Crippen LogP contribution in [0.15, 0.2) is 24.3 Å². The van der Waals surface area contributed by atoms with Crippen molar-refractivity contribution in [3.05, 3.63) is 35.6 Å². The molecule has 0 aromatic heterocycles. The monoisotopic (exact) mass is 396 g/mol. The molecule has 154 valence electrons.